The molecule has 4 saturated carbocycles. The Labute approximate surface area is 197 Å². The summed E-state index contributed by atoms with van der Waals surface area (Å²) in [6.07, 6.45) is 24.3. The number of carbonyl (C=O) groups is 1. The van der Waals surface area contributed by atoms with Crippen molar-refractivity contribution < 1.29 is 9.90 Å². The van der Waals surface area contributed by atoms with E-state index in [4.69, 9.17) is 0 Å². The lowest BCUT2D eigenvalue weighted by atomic mass is 9.65. The molecule has 4 aliphatic carbocycles. The molecule has 32 heavy (non-hydrogen) atoms. The van der Waals surface area contributed by atoms with Crippen LogP contribution >= 0.6 is 0 Å². The average Bonchev–Trinajstić information content (AvgIpc) is 3.61. The molecule has 1 heterocycles. The van der Waals surface area contributed by atoms with Gasteiger partial charge in [-0.3, -0.25) is 9.69 Å². The van der Waals surface area contributed by atoms with Gasteiger partial charge in [-0.25, -0.2) is 0 Å². The van der Waals surface area contributed by atoms with Gasteiger partial charge in [0.1, 0.15) is 0 Å². The Bertz CT molecular complexity index is 619. The van der Waals surface area contributed by atoms with E-state index in [1.165, 1.54) is 103 Å². The van der Waals surface area contributed by atoms with Crippen molar-refractivity contribution in [3.8, 4) is 0 Å². The van der Waals surface area contributed by atoms with Crippen LogP contribution in [-0.4, -0.2) is 34.1 Å². The Balaban J connectivity index is 1.36. The summed E-state index contributed by atoms with van der Waals surface area (Å²) in [5, 5.41) is 9.28. The van der Waals surface area contributed by atoms with E-state index in [1.807, 2.05) is 0 Å². The minimum absolute atomic E-state index is 0.378. The van der Waals surface area contributed by atoms with E-state index in [1.54, 1.807) is 0 Å². The molecule has 1 N–H and O–H groups in total. The summed E-state index contributed by atoms with van der Waals surface area (Å²) in [6, 6.07) is 2.38. The lowest BCUT2D eigenvalue weighted by Crippen LogP contribution is -2.46. The third-order valence-corrected chi connectivity index (χ3v) is 10.7. The SMILES string of the molecule is CC1C(C(CC2CCCCC2)C2CC2)C2CC(CCC(=O)O)CCC2N1C1CCCCC1. The Morgan fingerprint density at radius 3 is 2.22 bits per heavy atom. The number of nitrogens with zero attached hydrogens (tertiary/aromatic N) is 1. The van der Waals surface area contributed by atoms with Gasteiger partial charge in [0.05, 0.1) is 0 Å². The first-order valence-electron chi connectivity index (χ1n) is 14.6. The summed E-state index contributed by atoms with van der Waals surface area (Å²) in [4.78, 5) is 14.3. The largest absolute Gasteiger partial charge is 0.481 e. The van der Waals surface area contributed by atoms with Gasteiger partial charge in [-0.2, -0.15) is 0 Å². The molecule has 5 fully saturated rings. The van der Waals surface area contributed by atoms with Gasteiger partial charge in [0, 0.05) is 24.5 Å². The summed E-state index contributed by atoms with van der Waals surface area (Å²) in [6.45, 7) is 2.63. The molecule has 5 rings (SSSR count). The zero-order valence-corrected chi connectivity index (χ0v) is 20.7. The lowest BCUT2D eigenvalue weighted by molar-refractivity contribution is -0.137. The molecule has 0 radical (unpaired) electrons. The normalized spacial score (nSPS) is 38.5. The quantitative estimate of drug-likeness (QED) is 0.428. The van der Waals surface area contributed by atoms with Gasteiger partial charge >= 0.3 is 5.97 Å². The van der Waals surface area contributed by atoms with Crippen molar-refractivity contribution >= 4 is 5.97 Å². The third kappa shape index (κ3) is 5.08. The molecule has 5 aliphatic rings. The Morgan fingerprint density at radius 2 is 1.56 bits per heavy atom. The molecule has 6 unspecified atom stereocenters. The maximum Gasteiger partial charge on any atom is 0.303 e. The number of hydrogen-bond donors (Lipinski definition) is 1. The second-order valence-electron chi connectivity index (χ2n) is 12.6. The summed E-state index contributed by atoms with van der Waals surface area (Å²) < 4.78 is 0. The number of carboxylic acids is 1. The highest BCUT2D eigenvalue weighted by atomic mass is 16.4. The lowest BCUT2D eigenvalue weighted by Gasteiger charge is -2.42. The molecule has 1 aliphatic heterocycles. The van der Waals surface area contributed by atoms with Crippen LogP contribution in [-0.2, 0) is 4.79 Å². The Kier molecular flexibility index (Phi) is 7.51. The van der Waals surface area contributed by atoms with Crippen LogP contribution in [0.25, 0.3) is 0 Å². The Morgan fingerprint density at radius 1 is 0.875 bits per heavy atom. The standard InChI is InChI=1S/C29H49NO2/c1-20-29(25(23-14-15-23)18-21-8-4-2-5-9-21)26-19-22(13-17-28(31)32)12-16-27(26)30(20)24-10-6-3-7-11-24/h20-27,29H,2-19H2,1H3,(H,31,32). The molecule has 0 spiro atoms. The molecular weight excluding hydrogens is 394 g/mol. The second-order valence-corrected chi connectivity index (χ2v) is 12.6. The molecule has 0 aromatic rings. The van der Waals surface area contributed by atoms with Crippen LogP contribution < -0.4 is 0 Å². The maximum absolute atomic E-state index is 11.3. The molecule has 0 bridgehead atoms. The maximum atomic E-state index is 11.3. The van der Waals surface area contributed by atoms with E-state index >= 15 is 0 Å². The number of carboxylic acid groups (broad SMARTS) is 1. The molecule has 3 heteroatoms. The van der Waals surface area contributed by atoms with Crippen LogP contribution in [0, 0.1) is 35.5 Å². The first kappa shape index (κ1) is 23.2. The first-order chi connectivity index (χ1) is 15.6. The molecule has 0 amide bonds. The van der Waals surface area contributed by atoms with Crippen molar-refractivity contribution in [2.75, 3.05) is 0 Å². The molecular formula is C29H49NO2. The molecule has 182 valence electrons. The summed E-state index contributed by atoms with van der Waals surface area (Å²) in [5.41, 5.74) is 0. The van der Waals surface area contributed by atoms with Crippen LogP contribution in [0.4, 0.5) is 0 Å². The highest BCUT2D eigenvalue weighted by Crippen LogP contribution is 2.56. The predicted octanol–water partition coefficient (Wildman–Crippen LogP) is 7.29. The van der Waals surface area contributed by atoms with E-state index in [9.17, 15) is 9.90 Å². The fourth-order valence-corrected chi connectivity index (χ4v) is 9.17. The molecule has 0 aromatic carbocycles. The van der Waals surface area contributed by atoms with E-state index in [-0.39, 0.29) is 0 Å². The van der Waals surface area contributed by atoms with Gasteiger partial charge in [-0.1, -0.05) is 51.4 Å². The van der Waals surface area contributed by atoms with Crippen molar-refractivity contribution in [3.63, 3.8) is 0 Å². The van der Waals surface area contributed by atoms with Gasteiger partial charge in [0.15, 0.2) is 0 Å². The topological polar surface area (TPSA) is 40.5 Å². The molecule has 0 aromatic heterocycles. The van der Waals surface area contributed by atoms with Crippen LogP contribution in [0.15, 0.2) is 0 Å². The minimum atomic E-state index is -0.597. The zero-order valence-electron chi connectivity index (χ0n) is 20.7. The molecule has 1 saturated heterocycles. The van der Waals surface area contributed by atoms with Crippen molar-refractivity contribution in [2.24, 2.45) is 35.5 Å². The van der Waals surface area contributed by atoms with Crippen molar-refractivity contribution in [1.29, 1.82) is 0 Å². The van der Waals surface area contributed by atoms with Gasteiger partial charge in [-0.05, 0) is 100 Å². The van der Waals surface area contributed by atoms with Gasteiger partial charge in [-0.15, -0.1) is 0 Å². The van der Waals surface area contributed by atoms with Gasteiger partial charge < -0.3 is 5.11 Å². The van der Waals surface area contributed by atoms with Gasteiger partial charge in [0.25, 0.3) is 0 Å². The van der Waals surface area contributed by atoms with E-state index in [0.717, 1.165) is 54.1 Å². The van der Waals surface area contributed by atoms with E-state index in [2.05, 4.69) is 11.8 Å². The number of aliphatic carboxylic acids is 1. The third-order valence-electron chi connectivity index (χ3n) is 10.7. The number of rotatable bonds is 8. The fourth-order valence-electron chi connectivity index (χ4n) is 9.17. The molecule has 3 nitrogen and oxygen atoms in total. The first-order valence-corrected chi connectivity index (χ1v) is 14.6. The number of fused-ring (bicyclic) bond motifs is 1. The smallest absolute Gasteiger partial charge is 0.303 e. The summed E-state index contributed by atoms with van der Waals surface area (Å²) >= 11 is 0. The highest BCUT2D eigenvalue weighted by molar-refractivity contribution is 5.66. The van der Waals surface area contributed by atoms with Crippen molar-refractivity contribution in [3.05, 3.63) is 0 Å². The second kappa shape index (κ2) is 10.4. The number of hydrogen-bond acceptors (Lipinski definition) is 2. The summed E-state index contributed by atoms with van der Waals surface area (Å²) in [5.74, 6) is 4.74. The van der Waals surface area contributed by atoms with Crippen LogP contribution in [0.1, 0.15) is 122 Å². The van der Waals surface area contributed by atoms with Crippen molar-refractivity contribution in [2.45, 2.75) is 141 Å². The van der Waals surface area contributed by atoms with Crippen LogP contribution in [0.3, 0.4) is 0 Å². The Hall–Kier alpha value is -0.570. The fraction of sp³-hybridized carbons (Fsp3) is 0.966. The van der Waals surface area contributed by atoms with Crippen LogP contribution in [0.2, 0.25) is 0 Å². The average molecular weight is 444 g/mol. The molecule has 6 atom stereocenters. The zero-order chi connectivity index (χ0) is 22.1. The summed E-state index contributed by atoms with van der Waals surface area (Å²) in [7, 11) is 0. The van der Waals surface area contributed by atoms with E-state index < -0.39 is 5.97 Å². The highest BCUT2D eigenvalue weighted by Gasteiger charge is 2.55. The van der Waals surface area contributed by atoms with Crippen LogP contribution in [0.5, 0.6) is 0 Å². The number of likely N-dealkylation sites (tertiary alicyclic amines) is 1. The minimum Gasteiger partial charge on any atom is -0.481 e. The van der Waals surface area contributed by atoms with E-state index in [0.29, 0.717) is 12.3 Å². The predicted molar refractivity (Wildman–Crippen MR) is 131 cm³/mol. The monoisotopic (exact) mass is 443 g/mol. The van der Waals surface area contributed by atoms with Crippen molar-refractivity contribution in [1.82, 2.24) is 4.90 Å². The van der Waals surface area contributed by atoms with Gasteiger partial charge in [0.2, 0.25) is 0 Å².